The number of nitrogens with one attached hydrogen (secondary N) is 3. The lowest BCUT2D eigenvalue weighted by Crippen LogP contribution is -2.39. The number of pyridine rings is 2. The molecule has 300 valence electrons. The van der Waals surface area contributed by atoms with Crippen molar-refractivity contribution in [2.24, 2.45) is 5.73 Å². The zero-order valence-electron chi connectivity index (χ0n) is 32.1. The molecule has 0 bridgehead atoms. The number of aromatic nitrogens is 8. The highest BCUT2D eigenvalue weighted by Gasteiger charge is 2.20. The molecule has 10 aromatic rings. The van der Waals surface area contributed by atoms with Crippen LogP contribution in [-0.4, -0.2) is 128 Å². The molecule has 59 heavy (non-hydrogen) atoms. The summed E-state index contributed by atoms with van der Waals surface area (Å²) in [6, 6.07) is 14.4. The van der Waals surface area contributed by atoms with Crippen molar-refractivity contribution in [1.29, 1.82) is 0 Å². The quantitative estimate of drug-likeness (QED) is 0.179. The zero-order valence-corrected chi connectivity index (χ0v) is 32.1. The third-order valence-electron chi connectivity index (χ3n) is 11.4. The van der Waals surface area contributed by atoms with Crippen LogP contribution in [0.15, 0.2) is 83.2 Å². The largest absolute Gasteiger partial charge is 0.383 e. The lowest BCUT2D eigenvalue weighted by atomic mass is 10.0. The van der Waals surface area contributed by atoms with Crippen molar-refractivity contribution in [2.45, 2.75) is 0 Å². The summed E-state index contributed by atoms with van der Waals surface area (Å²) in [6.45, 7) is 10.8. The highest BCUT2D eigenvalue weighted by Crippen LogP contribution is 2.31. The summed E-state index contributed by atoms with van der Waals surface area (Å²) in [5.41, 5.74) is 11.9. The first-order valence-corrected chi connectivity index (χ1v) is 19.7. The third kappa shape index (κ3) is 6.43. The van der Waals surface area contributed by atoms with Crippen LogP contribution >= 0.6 is 0 Å². The highest BCUT2D eigenvalue weighted by atomic mass is 19.1. The van der Waals surface area contributed by atoms with Gasteiger partial charge in [-0.05, 0) is 48.5 Å². The number of ether oxygens (including phenoxy) is 2. The SMILES string of the molecule is NCCN1CCOCC1.O=c1c2c(F)ccc3ncn(c4ccc5[nH]ncc5c14)c32.O=c1c2c(NCCN3CCOCC3)ccc3ncn(c4ccc5[nH]ncc5c14)c32. The minimum Gasteiger partial charge on any atom is -0.383 e. The van der Waals surface area contributed by atoms with E-state index in [4.69, 9.17) is 15.2 Å². The normalized spacial score (nSPS) is 15.6. The maximum absolute atomic E-state index is 14.2. The molecule has 0 atom stereocenters. The van der Waals surface area contributed by atoms with Crippen molar-refractivity contribution in [1.82, 2.24) is 49.0 Å². The summed E-state index contributed by atoms with van der Waals surface area (Å²) in [5, 5.41) is 20.8. The first-order valence-electron chi connectivity index (χ1n) is 19.7. The molecule has 0 saturated carbocycles. The van der Waals surface area contributed by atoms with Gasteiger partial charge in [0.05, 0.1) is 104 Å². The summed E-state index contributed by atoms with van der Waals surface area (Å²) in [4.78, 5) is 39.9. The van der Waals surface area contributed by atoms with E-state index in [-0.39, 0.29) is 16.2 Å². The summed E-state index contributed by atoms with van der Waals surface area (Å²) in [6.07, 6.45) is 6.72. The molecule has 2 aliphatic rings. The molecule has 8 heterocycles. The van der Waals surface area contributed by atoms with Gasteiger partial charge < -0.3 is 20.5 Å². The molecule has 0 unspecified atom stereocenters. The van der Waals surface area contributed by atoms with Gasteiger partial charge in [-0.2, -0.15) is 10.2 Å². The molecular weight excluding hydrogens is 756 g/mol. The third-order valence-corrected chi connectivity index (χ3v) is 11.4. The van der Waals surface area contributed by atoms with Crippen LogP contribution in [0.5, 0.6) is 0 Å². The van der Waals surface area contributed by atoms with Gasteiger partial charge in [0.25, 0.3) is 0 Å². The van der Waals surface area contributed by atoms with Gasteiger partial charge in [-0.15, -0.1) is 0 Å². The van der Waals surface area contributed by atoms with E-state index in [0.29, 0.717) is 38.1 Å². The second-order valence-electron chi connectivity index (χ2n) is 14.7. The van der Waals surface area contributed by atoms with Crippen molar-refractivity contribution < 1.29 is 13.9 Å². The number of benzene rings is 4. The molecule has 4 aromatic carbocycles. The van der Waals surface area contributed by atoms with Crippen molar-refractivity contribution in [3.8, 4) is 0 Å². The molecule has 0 aliphatic carbocycles. The number of morpholine rings is 2. The number of nitrogens with two attached hydrogens (primary N) is 1. The number of anilines is 1. The Kier molecular flexibility index (Phi) is 9.66. The molecule has 17 heteroatoms. The van der Waals surface area contributed by atoms with Crippen LogP contribution in [0, 0.1) is 5.82 Å². The molecule has 0 amide bonds. The number of imidazole rings is 2. The summed E-state index contributed by atoms with van der Waals surface area (Å²) in [5.74, 6) is -0.527. The maximum Gasteiger partial charge on any atom is 0.201 e. The van der Waals surface area contributed by atoms with Crippen molar-refractivity contribution in [3.05, 3.63) is 99.8 Å². The molecule has 12 rings (SSSR count). The Morgan fingerprint density at radius 2 is 1.19 bits per heavy atom. The fraction of sp³-hybridized carbons (Fsp3) is 0.286. The predicted octanol–water partition coefficient (Wildman–Crippen LogP) is 3.79. The van der Waals surface area contributed by atoms with Gasteiger partial charge in [-0.25, -0.2) is 14.4 Å². The van der Waals surface area contributed by atoms with E-state index in [0.717, 1.165) is 117 Å². The zero-order chi connectivity index (χ0) is 40.0. The topological polar surface area (TPSA) is 189 Å². The number of aromatic amines is 2. The lowest BCUT2D eigenvalue weighted by Gasteiger charge is -2.26. The molecule has 6 aromatic heterocycles. The monoisotopic (exact) mass is 796 g/mol. The second-order valence-corrected chi connectivity index (χ2v) is 14.7. The van der Waals surface area contributed by atoms with Crippen LogP contribution in [0.4, 0.5) is 10.1 Å². The number of rotatable bonds is 6. The molecule has 0 spiro atoms. The van der Waals surface area contributed by atoms with Crippen LogP contribution in [0.1, 0.15) is 0 Å². The molecule has 16 nitrogen and oxygen atoms in total. The first-order chi connectivity index (χ1) is 29.0. The highest BCUT2D eigenvalue weighted by molar-refractivity contribution is 6.14. The van der Waals surface area contributed by atoms with E-state index in [2.05, 4.69) is 45.5 Å². The van der Waals surface area contributed by atoms with Crippen molar-refractivity contribution >= 4 is 82.1 Å². The van der Waals surface area contributed by atoms with E-state index in [1.54, 1.807) is 35.5 Å². The summed E-state index contributed by atoms with van der Waals surface area (Å²) in [7, 11) is 0. The van der Waals surface area contributed by atoms with Gasteiger partial charge in [0.15, 0.2) is 5.43 Å². The molecule has 2 aliphatic heterocycles. The second kappa shape index (κ2) is 15.4. The van der Waals surface area contributed by atoms with Crippen LogP contribution in [0.2, 0.25) is 0 Å². The average Bonchev–Trinajstić information content (AvgIpc) is 4.10. The van der Waals surface area contributed by atoms with Crippen LogP contribution < -0.4 is 21.9 Å². The Balaban J connectivity index is 0.000000122. The first kappa shape index (κ1) is 36.9. The molecule has 2 fully saturated rings. The molecule has 0 radical (unpaired) electrons. The van der Waals surface area contributed by atoms with E-state index < -0.39 is 5.82 Å². The van der Waals surface area contributed by atoms with Crippen LogP contribution in [0.3, 0.4) is 0 Å². The molecular formula is C42H41FN12O4. The lowest BCUT2D eigenvalue weighted by molar-refractivity contribution is 0.0394. The van der Waals surface area contributed by atoms with Gasteiger partial charge in [0, 0.05) is 68.8 Å². The number of H-pyrrole nitrogens is 2. The van der Waals surface area contributed by atoms with E-state index in [1.807, 2.05) is 40.8 Å². The van der Waals surface area contributed by atoms with Gasteiger partial charge in [0.1, 0.15) is 18.5 Å². The van der Waals surface area contributed by atoms with Gasteiger partial charge in [0.2, 0.25) is 5.43 Å². The number of halogens is 1. The van der Waals surface area contributed by atoms with Gasteiger partial charge in [-0.1, -0.05) is 0 Å². The number of nitrogens with zero attached hydrogens (tertiary/aromatic N) is 8. The summed E-state index contributed by atoms with van der Waals surface area (Å²) < 4.78 is 28.5. The van der Waals surface area contributed by atoms with Gasteiger partial charge in [-0.3, -0.25) is 38.4 Å². The van der Waals surface area contributed by atoms with Gasteiger partial charge >= 0.3 is 0 Å². The minimum absolute atomic E-state index is 0.0134. The predicted molar refractivity (Wildman–Crippen MR) is 227 cm³/mol. The smallest absolute Gasteiger partial charge is 0.201 e. The van der Waals surface area contributed by atoms with E-state index >= 15 is 0 Å². The Labute approximate surface area is 334 Å². The summed E-state index contributed by atoms with van der Waals surface area (Å²) >= 11 is 0. The molecule has 5 N–H and O–H groups in total. The van der Waals surface area contributed by atoms with E-state index in [1.165, 1.54) is 6.07 Å². The fourth-order valence-electron chi connectivity index (χ4n) is 8.47. The standard InChI is InChI=1S/C21H20N6O2.C15H7FN4O.C6H14N2O/c28-21-18-13-11-24-25-14(13)3-4-17(18)27-12-23-16-2-1-15(19(21)20(16)27)22-5-6-26-7-9-29-10-8-26;16-8-1-2-10-14-13(8)15(21)12-7-5-18-19-9(7)3-4-11(12)20(14)6-17-10;7-1-2-8-3-5-9-6-4-8/h1-4,11-12,22H,5-10H2,(H,24,25);1-6H,(H,18,19);1-7H2. The number of hydrogen-bond acceptors (Lipinski definition) is 12. The van der Waals surface area contributed by atoms with Crippen molar-refractivity contribution in [3.63, 3.8) is 0 Å². The Bertz CT molecular complexity index is 3220. The minimum atomic E-state index is -0.527. The maximum atomic E-state index is 14.2. The van der Waals surface area contributed by atoms with Crippen molar-refractivity contribution in [2.75, 3.05) is 84.1 Å². The van der Waals surface area contributed by atoms with E-state index in [9.17, 15) is 14.0 Å². The van der Waals surface area contributed by atoms with Crippen LogP contribution in [0.25, 0.3) is 76.5 Å². The fourth-order valence-corrected chi connectivity index (χ4v) is 8.47. The number of hydrogen-bond donors (Lipinski definition) is 4. The Morgan fingerprint density at radius 3 is 1.76 bits per heavy atom. The van der Waals surface area contributed by atoms with Crippen LogP contribution in [-0.2, 0) is 9.47 Å². The average molecular weight is 797 g/mol. The number of fused-ring (bicyclic) bond motifs is 8. The Morgan fingerprint density at radius 1 is 0.661 bits per heavy atom. The Hall–Kier alpha value is -6.37. The molecule has 2 saturated heterocycles.